The molecule has 0 rings (SSSR count). The Morgan fingerprint density at radius 2 is 0.487 bits per heavy atom. The maximum atomic E-state index is 12.9. The number of rotatable bonds is 65. The van der Waals surface area contributed by atoms with Crippen LogP contribution in [0.1, 0.15) is 374 Å². The van der Waals surface area contributed by atoms with Gasteiger partial charge >= 0.3 is 17.9 Å². The highest BCUT2D eigenvalue weighted by Crippen LogP contribution is 2.18. The number of carbonyl (C=O) groups excluding carboxylic acids is 3. The van der Waals surface area contributed by atoms with Gasteiger partial charge in [-0.3, -0.25) is 14.4 Å². The van der Waals surface area contributed by atoms with Crippen molar-refractivity contribution in [3.8, 4) is 0 Å². The van der Waals surface area contributed by atoms with Crippen molar-refractivity contribution in [3.63, 3.8) is 0 Å². The minimum atomic E-state index is -0.774. The van der Waals surface area contributed by atoms with E-state index in [9.17, 15) is 14.4 Å². The van der Waals surface area contributed by atoms with Crippen molar-refractivity contribution < 1.29 is 28.6 Å². The number of unbranched alkanes of at least 4 members (excludes halogenated alkanes) is 44. The first-order chi connectivity index (χ1) is 39.5. The summed E-state index contributed by atoms with van der Waals surface area (Å²) in [6, 6.07) is 0. The van der Waals surface area contributed by atoms with E-state index in [0.29, 0.717) is 19.3 Å². The molecule has 1 atom stereocenters. The molecule has 466 valence electrons. The van der Waals surface area contributed by atoms with E-state index in [1.165, 1.54) is 244 Å². The van der Waals surface area contributed by atoms with E-state index in [2.05, 4.69) is 81.5 Å². The lowest BCUT2D eigenvalue weighted by Crippen LogP contribution is -2.30. The molecule has 80 heavy (non-hydrogen) atoms. The van der Waals surface area contributed by atoms with Gasteiger partial charge in [0, 0.05) is 19.3 Å². The number of esters is 3. The van der Waals surface area contributed by atoms with Crippen LogP contribution in [-0.4, -0.2) is 37.2 Å². The summed E-state index contributed by atoms with van der Waals surface area (Å²) >= 11 is 0. The third-order valence-electron chi connectivity index (χ3n) is 15.8. The molecule has 0 N–H and O–H groups in total. The van der Waals surface area contributed by atoms with E-state index < -0.39 is 6.10 Å². The average Bonchev–Trinajstić information content (AvgIpc) is 3.46. The van der Waals surface area contributed by atoms with E-state index >= 15 is 0 Å². The summed E-state index contributed by atoms with van der Waals surface area (Å²) in [5, 5.41) is 0. The van der Waals surface area contributed by atoms with E-state index in [4.69, 9.17) is 14.2 Å². The molecule has 0 radical (unpaired) electrons. The van der Waals surface area contributed by atoms with Gasteiger partial charge in [0.1, 0.15) is 13.2 Å². The molecule has 0 aliphatic carbocycles. The Morgan fingerprint density at radius 1 is 0.263 bits per heavy atom. The fourth-order valence-corrected chi connectivity index (χ4v) is 10.5. The van der Waals surface area contributed by atoms with Gasteiger partial charge in [0.15, 0.2) is 6.10 Å². The van der Waals surface area contributed by atoms with Crippen LogP contribution in [0.5, 0.6) is 0 Å². The highest BCUT2D eigenvalue weighted by Gasteiger charge is 2.19. The quantitative estimate of drug-likeness (QED) is 0.0261. The largest absolute Gasteiger partial charge is 0.462 e. The van der Waals surface area contributed by atoms with Crippen molar-refractivity contribution in [2.75, 3.05) is 13.2 Å². The van der Waals surface area contributed by atoms with Crippen LogP contribution >= 0.6 is 0 Å². The summed E-state index contributed by atoms with van der Waals surface area (Å²) in [5.74, 6) is -0.854. The van der Waals surface area contributed by atoms with Crippen LogP contribution in [0, 0.1) is 0 Å². The molecular weight excluding hydrogens is 985 g/mol. The number of carbonyl (C=O) groups is 3. The molecule has 0 aliphatic rings. The van der Waals surface area contributed by atoms with Crippen LogP contribution in [0.2, 0.25) is 0 Å². The zero-order chi connectivity index (χ0) is 57.8. The molecular formula is C74H134O6. The van der Waals surface area contributed by atoms with Gasteiger partial charge in [0.05, 0.1) is 0 Å². The zero-order valence-corrected chi connectivity index (χ0v) is 53.6. The van der Waals surface area contributed by atoms with Gasteiger partial charge < -0.3 is 14.2 Å². The normalized spacial score (nSPS) is 12.4. The molecule has 0 aromatic heterocycles. The SMILES string of the molecule is CC/C=C\C/C=C\C/C=C\C/C=C\CCCCCCCCCCCCCCCCCCCCCCC(=O)OCC(COC(=O)CCCCCCCCCCCCCCC)OC(=O)CCCCCCC/C=C\CCCCCCCCC. The molecule has 6 heteroatoms. The lowest BCUT2D eigenvalue weighted by atomic mass is 10.0. The van der Waals surface area contributed by atoms with Crippen molar-refractivity contribution in [2.45, 2.75) is 380 Å². The first-order valence-corrected chi connectivity index (χ1v) is 35.3. The van der Waals surface area contributed by atoms with Crippen LogP contribution in [0.25, 0.3) is 0 Å². The van der Waals surface area contributed by atoms with Crippen LogP contribution in [0.3, 0.4) is 0 Å². The lowest BCUT2D eigenvalue weighted by Gasteiger charge is -2.18. The van der Waals surface area contributed by atoms with Crippen LogP contribution in [0.15, 0.2) is 60.8 Å². The van der Waals surface area contributed by atoms with Gasteiger partial charge in [0.2, 0.25) is 0 Å². The van der Waals surface area contributed by atoms with E-state index in [-0.39, 0.29) is 31.1 Å². The number of hydrogen-bond donors (Lipinski definition) is 0. The van der Waals surface area contributed by atoms with Gasteiger partial charge in [-0.1, -0.05) is 332 Å². The predicted octanol–water partition coefficient (Wildman–Crippen LogP) is 24.3. The minimum Gasteiger partial charge on any atom is -0.462 e. The van der Waals surface area contributed by atoms with Gasteiger partial charge in [-0.15, -0.1) is 0 Å². The van der Waals surface area contributed by atoms with Crippen molar-refractivity contribution in [1.82, 2.24) is 0 Å². The molecule has 0 saturated carbocycles. The predicted molar refractivity (Wildman–Crippen MR) is 348 cm³/mol. The van der Waals surface area contributed by atoms with Crippen molar-refractivity contribution in [3.05, 3.63) is 60.8 Å². The third-order valence-corrected chi connectivity index (χ3v) is 15.8. The molecule has 6 nitrogen and oxygen atoms in total. The second-order valence-corrected chi connectivity index (χ2v) is 23.8. The maximum Gasteiger partial charge on any atom is 0.306 e. The van der Waals surface area contributed by atoms with Crippen LogP contribution < -0.4 is 0 Å². The Labute approximate surface area is 498 Å². The Balaban J connectivity index is 4.12. The van der Waals surface area contributed by atoms with Gasteiger partial charge in [-0.25, -0.2) is 0 Å². The Morgan fingerprint density at radius 3 is 0.775 bits per heavy atom. The minimum absolute atomic E-state index is 0.0708. The maximum absolute atomic E-state index is 12.9. The highest BCUT2D eigenvalue weighted by atomic mass is 16.6. The second kappa shape index (κ2) is 68.6. The second-order valence-electron chi connectivity index (χ2n) is 23.8. The summed E-state index contributed by atoms with van der Waals surface area (Å²) in [4.78, 5) is 38.3. The number of ether oxygens (including phenoxy) is 3. The number of hydrogen-bond acceptors (Lipinski definition) is 6. The first-order valence-electron chi connectivity index (χ1n) is 35.3. The van der Waals surface area contributed by atoms with Crippen molar-refractivity contribution >= 4 is 17.9 Å². The summed E-state index contributed by atoms with van der Waals surface area (Å²) < 4.78 is 17.0. The lowest BCUT2D eigenvalue weighted by molar-refractivity contribution is -0.167. The fourth-order valence-electron chi connectivity index (χ4n) is 10.5. The Kier molecular flexibility index (Phi) is 66.1. The molecule has 0 heterocycles. The van der Waals surface area contributed by atoms with Gasteiger partial charge in [0.25, 0.3) is 0 Å². The summed E-state index contributed by atoms with van der Waals surface area (Å²) in [5.41, 5.74) is 0. The van der Waals surface area contributed by atoms with Crippen molar-refractivity contribution in [1.29, 1.82) is 0 Å². The molecule has 0 aliphatic heterocycles. The molecule has 0 aromatic rings. The third kappa shape index (κ3) is 65.9. The van der Waals surface area contributed by atoms with Gasteiger partial charge in [-0.05, 0) is 83.5 Å². The fraction of sp³-hybridized carbons (Fsp3) is 0.824. The van der Waals surface area contributed by atoms with Crippen molar-refractivity contribution in [2.24, 2.45) is 0 Å². The van der Waals surface area contributed by atoms with Crippen LogP contribution in [0.4, 0.5) is 0 Å². The average molecular weight is 1120 g/mol. The van der Waals surface area contributed by atoms with Gasteiger partial charge in [-0.2, -0.15) is 0 Å². The van der Waals surface area contributed by atoms with Crippen LogP contribution in [-0.2, 0) is 28.6 Å². The smallest absolute Gasteiger partial charge is 0.306 e. The molecule has 0 fully saturated rings. The Hall–Kier alpha value is -2.89. The highest BCUT2D eigenvalue weighted by molar-refractivity contribution is 5.71. The molecule has 0 aromatic carbocycles. The van der Waals surface area contributed by atoms with E-state index in [1.807, 2.05) is 0 Å². The monoisotopic (exact) mass is 1120 g/mol. The zero-order valence-electron chi connectivity index (χ0n) is 53.6. The Bertz CT molecular complexity index is 1430. The molecule has 0 saturated heterocycles. The molecule has 0 bridgehead atoms. The standard InChI is InChI=1S/C74H134O6/c1-4-7-10-13-16-19-22-25-27-29-30-31-32-33-34-35-36-37-38-39-40-41-42-43-44-45-47-49-52-55-58-61-64-67-73(76)79-70-71(69-78-72(75)66-63-60-57-54-51-48-24-21-18-15-12-9-6-3)80-74(77)68-65-62-59-56-53-50-46-28-26-23-20-17-14-11-8-5-2/h7,10,16,19,25,27-28,30-31,46,71H,4-6,8-9,11-15,17-18,20-24,26,29,32-45,47-70H2,1-3H3/b10-7-,19-16-,27-25-,31-30-,46-28-. The molecule has 0 spiro atoms. The number of allylic oxidation sites excluding steroid dienone is 10. The summed E-state index contributed by atoms with van der Waals surface area (Å²) in [6.45, 7) is 6.57. The molecule has 1 unspecified atom stereocenters. The summed E-state index contributed by atoms with van der Waals surface area (Å²) in [6.07, 6.45) is 88.3. The van der Waals surface area contributed by atoms with E-state index in [0.717, 1.165) is 89.9 Å². The molecule has 0 amide bonds. The van der Waals surface area contributed by atoms with E-state index in [1.54, 1.807) is 0 Å². The first kappa shape index (κ1) is 77.1. The summed E-state index contributed by atoms with van der Waals surface area (Å²) in [7, 11) is 0. The topological polar surface area (TPSA) is 78.9 Å².